The number of aromatic nitrogens is 2. The van der Waals surface area contributed by atoms with Crippen LogP contribution in [0.2, 0.25) is 0 Å². The van der Waals surface area contributed by atoms with Gasteiger partial charge < -0.3 is 15.2 Å². The molecule has 0 aliphatic heterocycles. The number of carbonyl (C=O) groups excluding carboxylic acids is 1. The molecule has 0 bridgehead atoms. The molecule has 1 aromatic rings. The van der Waals surface area contributed by atoms with E-state index in [1.807, 2.05) is 0 Å². The van der Waals surface area contributed by atoms with Gasteiger partial charge in [-0.1, -0.05) is 13.8 Å². The first-order valence-electron chi connectivity index (χ1n) is 6.38. The van der Waals surface area contributed by atoms with E-state index in [2.05, 4.69) is 15.5 Å². The van der Waals surface area contributed by atoms with Crippen molar-refractivity contribution in [2.24, 2.45) is 5.41 Å². The Morgan fingerprint density at radius 3 is 2.35 bits per heavy atom. The van der Waals surface area contributed by atoms with Gasteiger partial charge in [0.25, 0.3) is 5.91 Å². The lowest BCUT2D eigenvalue weighted by Crippen LogP contribution is -2.42. The van der Waals surface area contributed by atoms with Crippen LogP contribution in [0.15, 0.2) is 12.1 Å². The van der Waals surface area contributed by atoms with Crippen LogP contribution < -0.4 is 10.1 Å². The Bertz CT molecular complexity index is 469. The highest BCUT2D eigenvalue weighted by atomic mass is 16.5. The maximum Gasteiger partial charge on any atom is 0.311 e. The first kappa shape index (κ1) is 15.9. The Labute approximate surface area is 117 Å². The number of hydrogen-bond donors (Lipinski definition) is 2. The third kappa shape index (κ3) is 3.43. The molecule has 1 heterocycles. The van der Waals surface area contributed by atoms with Gasteiger partial charge in [0.2, 0.25) is 5.88 Å². The van der Waals surface area contributed by atoms with E-state index < -0.39 is 17.3 Å². The van der Waals surface area contributed by atoms with Crippen molar-refractivity contribution >= 4 is 11.9 Å². The summed E-state index contributed by atoms with van der Waals surface area (Å²) >= 11 is 0. The second kappa shape index (κ2) is 6.83. The van der Waals surface area contributed by atoms with Crippen LogP contribution in [0.4, 0.5) is 0 Å². The van der Waals surface area contributed by atoms with Crippen LogP contribution in [0, 0.1) is 5.41 Å². The van der Waals surface area contributed by atoms with Gasteiger partial charge in [-0.15, -0.1) is 10.2 Å². The number of hydrogen-bond acceptors (Lipinski definition) is 5. The summed E-state index contributed by atoms with van der Waals surface area (Å²) in [5.74, 6) is -1.06. The van der Waals surface area contributed by atoms with Crippen molar-refractivity contribution in [3.05, 3.63) is 17.8 Å². The van der Waals surface area contributed by atoms with Gasteiger partial charge in [-0.25, -0.2) is 0 Å². The predicted molar refractivity (Wildman–Crippen MR) is 71.6 cm³/mol. The molecule has 7 nitrogen and oxygen atoms in total. The topological polar surface area (TPSA) is 101 Å². The Morgan fingerprint density at radius 2 is 1.95 bits per heavy atom. The van der Waals surface area contributed by atoms with E-state index in [1.54, 1.807) is 13.8 Å². The van der Waals surface area contributed by atoms with Crippen molar-refractivity contribution in [1.82, 2.24) is 15.5 Å². The lowest BCUT2D eigenvalue weighted by atomic mass is 9.82. The molecule has 0 saturated carbocycles. The molecule has 0 unspecified atom stereocenters. The number of methoxy groups -OCH3 is 1. The summed E-state index contributed by atoms with van der Waals surface area (Å²) in [7, 11) is 1.45. The molecule has 0 atom stereocenters. The zero-order chi connectivity index (χ0) is 15.2. The Balaban J connectivity index is 2.72. The van der Waals surface area contributed by atoms with Crippen molar-refractivity contribution in [2.45, 2.75) is 26.7 Å². The quantitative estimate of drug-likeness (QED) is 0.776. The molecule has 0 aliphatic rings. The number of ether oxygens (including phenoxy) is 1. The number of nitrogens with zero attached hydrogens (tertiary/aromatic N) is 2. The molecule has 0 aliphatic carbocycles. The van der Waals surface area contributed by atoms with Gasteiger partial charge >= 0.3 is 5.97 Å². The van der Waals surface area contributed by atoms with Gasteiger partial charge in [-0.3, -0.25) is 9.59 Å². The molecule has 0 spiro atoms. The number of carboxylic acid groups (broad SMARTS) is 1. The van der Waals surface area contributed by atoms with Crippen molar-refractivity contribution in [3.8, 4) is 5.88 Å². The fourth-order valence-electron chi connectivity index (χ4n) is 1.77. The SMILES string of the molecule is CCC(CC)(CNC(=O)c1ccc(OC)nn1)C(=O)O. The fourth-order valence-corrected chi connectivity index (χ4v) is 1.77. The lowest BCUT2D eigenvalue weighted by Gasteiger charge is -2.26. The van der Waals surface area contributed by atoms with Crippen LogP contribution in [-0.4, -0.2) is 40.8 Å². The molecule has 20 heavy (non-hydrogen) atoms. The lowest BCUT2D eigenvalue weighted by molar-refractivity contribution is -0.149. The first-order chi connectivity index (χ1) is 9.49. The normalized spacial score (nSPS) is 10.9. The minimum Gasteiger partial charge on any atom is -0.481 e. The maximum absolute atomic E-state index is 11.9. The van der Waals surface area contributed by atoms with Crippen LogP contribution in [0.25, 0.3) is 0 Å². The molecule has 7 heteroatoms. The van der Waals surface area contributed by atoms with E-state index in [4.69, 9.17) is 4.74 Å². The van der Waals surface area contributed by atoms with E-state index in [9.17, 15) is 14.7 Å². The summed E-state index contributed by atoms with van der Waals surface area (Å²) < 4.78 is 4.85. The highest BCUT2D eigenvalue weighted by Gasteiger charge is 2.35. The molecule has 2 N–H and O–H groups in total. The number of carboxylic acids is 1. The van der Waals surface area contributed by atoms with Gasteiger partial charge in [0.1, 0.15) is 0 Å². The van der Waals surface area contributed by atoms with E-state index >= 15 is 0 Å². The van der Waals surface area contributed by atoms with E-state index in [1.165, 1.54) is 19.2 Å². The molecule has 0 fully saturated rings. The van der Waals surface area contributed by atoms with Gasteiger partial charge in [0.05, 0.1) is 12.5 Å². The molecule has 0 aromatic carbocycles. The van der Waals surface area contributed by atoms with Crippen LogP contribution in [-0.2, 0) is 4.79 Å². The highest BCUT2D eigenvalue weighted by Crippen LogP contribution is 2.25. The molecular weight excluding hydrogens is 262 g/mol. The third-order valence-corrected chi connectivity index (χ3v) is 3.48. The highest BCUT2D eigenvalue weighted by molar-refractivity contribution is 5.92. The van der Waals surface area contributed by atoms with Crippen molar-refractivity contribution < 1.29 is 19.4 Å². The second-order valence-electron chi connectivity index (χ2n) is 4.44. The van der Waals surface area contributed by atoms with Gasteiger partial charge in [-0.2, -0.15) is 0 Å². The monoisotopic (exact) mass is 281 g/mol. The number of nitrogens with one attached hydrogen (secondary N) is 1. The molecule has 1 rings (SSSR count). The summed E-state index contributed by atoms with van der Waals surface area (Å²) in [5.41, 5.74) is -0.826. The van der Waals surface area contributed by atoms with Crippen molar-refractivity contribution in [3.63, 3.8) is 0 Å². The molecule has 0 radical (unpaired) electrons. The van der Waals surface area contributed by atoms with Crippen molar-refractivity contribution in [2.75, 3.05) is 13.7 Å². The van der Waals surface area contributed by atoms with Gasteiger partial charge in [0, 0.05) is 12.6 Å². The minimum absolute atomic E-state index is 0.0574. The molecular formula is C13H19N3O4. The molecule has 0 saturated heterocycles. The van der Waals surface area contributed by atoms with E-state index in [0.29, 0.717) is 18.7 Å². The van der Waals surface area contributed by atoms with Gasteiger partial charge in [-0.05, 0) is 18.9 Å². The summed E-state index contributed by atoms with van der Waals surface area (Å²) in [6.07, 6.45) is 0.876. The smallest absolute Gasteiger partial charge is 0.311 e. The Morgan fingerprint density at radius 1 is 1.30 bits per heavy atom. The number of carbonyl (C=O) groups is 2. The Hall–Kier alpha value is -2.18. The largest absolute Gasteiger partial charge is 0.481 e. The molecule has 1 amide bonds. The molecule has 110 valence electrons. The van der Waals surface area contributed by atoms with Gasteiger partial charge in [0.15, 0.2) is 5.69 Å². The predicted octanol–water partition coefficient (Wildman–Crippen LogP) is 1.11. The van der Waals surface area contributed by atoms with Crippen LogP contribution in [0.3, 0.4) is 0 Å². The zero-order valence-electron chi connectivity index (χ0n) is 11.8. The van der Waals surface area contributed by atoms with Crippen LogP contribution in [0.1, 0.15) is 37.2 Å². The Kier molecular flexibility index (Phi) is 5.42. The summed E-state index contributed by atoms with van der Waals surface area (Å²) in [6, 6.07) is 2.99. The summed E-state index contributed by atoms with van der Waals surface area (Å²) in [4.78, 5) is 23.2. The average Bonchev–Trinajstić information content (AvgIpc) is 2.48. The number of rotatable bonds is 7. The summed E-state index contributed by atoms with van der Waals surface area (Å²) in [5, 5.41) is 19.3. The zero-order valence-corrected chi connectivity index (χ0v) is 11.8. The number of aliphatic carboxylic acids is 1. The third-order valence-electron chi connectivity index (χ3n) is 3.48. The average molecular weight is 281 g/mol. The van der Waals surface area contributed by atoms with E-state index in [-0.39, 0.29) is 12.2 Å². The number of amides is 1. The first-order valence-corrected chi connectivity index (χ1v) is 6.38. The van der Waals surface area contributed by atoms with E-state index in [0.717, 1.165) is 0 Å². The second-order valence-corrected chi connectivity index (χ2v) is 4.44. The van der Waals surface area contributed by atoms with Crippen LogP contribution >= 0.6 is 0 Å². The van der Waals surface area contributed by atoms with Crippen molar-refractivity contribution in [1.29, 1.82) is 0 Å². The minimum atomic E-state index is -0.949. The summed E-state index contributed by atoms with van der Waals surface area (Å²) in [6.45, 7) is 3.63. The standard InChI is InChI=1S/C13H19N3O4/c1-4-13(5-2,12(18)19)8-14-11(17)9-6-7-10(20-3)16-15-9/h6-7H,4-5,8H2,1-3H3,(H,14,17)(H,18,19). The van der Waals surface area contributed by atoms with Crippen LogP contribution in [0.5, 0.6) is 5.88 Å². The maximum atomic E-state index is 11.9. The molecule has 1 aromatic heterocycles. The fraction of sp³-hybridized carbons (Fsp3) is 0.538.